The van der Waals surface area contributed by atoms with Crippen molar-refractivity contribution >= 4 is 17.7 Å². The number of benzene rings is 1. The molecule has 0 bridgehead atoms. The molecule has 2 aliphatic heterocycles. The average Bonchev–Trinajstić information content (AvgIpc) is 3.21. The van der Waals surface area contributed by atoms with Gasteiger partial charge in [0, 0.05) is 56.4 Å². The molecule has 8 nitrogen and oxygen atoms in total. The van der Waals surface area contributed by atoms with Crippen LogP contribution in [0, 0.1) is 5.92 Å². The minimum atomic E-state index is -0.906. The molecule has 2 aliphatic rings. The number of hydrogen-bond acceptors (Lipinski definition) is 5. The van der Waals surface area contributed by atoms with E-state index in [2.05, 4.69) is 10.3 Å². The summed E-state index contributed by atoms with van der Waals surface area (Å²) in [6, 6.07) is 11.9. The summed E-state index contributed by atoms with van der Waals surface area (Å²) in [6.07, 6.45) is 4.31. The molecule has 2 saturated heterocycles. The number of nitrogens with one attached hydrogen (secondary N) is 1. The van der Waals surface area contributed by atoms with Gasteiger partial charge in [0.25, 0.3) is 5.91 Å². The first-order valence-corrected chi connectivity index (χ1v) is 11.4. The molecular weight excluding hydrogens is 420 g/mol. The molecule has 3 amide bonds. The number of likely N-dealkylation sites (tertiary alicyclic amines) is 1. The maximum atomic E-state index is 13.6. The number of carbonyl (C=O) groups is 3. The van der Waals surface area contributed by atoms with Gasteiger partial charge in [-0.05, 0) is 23.8 Å². The van der Waals surface area contributed by atoms with Gasteiger partial charge in [0.2, 0.25) is 11.8 Å². The third-order valence-corrected chi connectivity index (χ3v) is 6.34. The van der Waals surface area contributed by atoms with E-state index in [9.17, 15) is 14.4 Å². The number of rotatable bonds is 5. The number of aromatic nitrogens is 1. The van der Waals surface area contributed by atoms with Gasteiger partial charge in [-0.2, -0.15) is 0 Å². The van der Waals surface area contributed by atoms with Crippen LogP contribution in [0.5, 0.6) is 0 Å². The topological polar surface area (TPSA) is 91.8 Å². The molecule has 1 aromatic heterocycles. The zero-order valence-electron chi connectivity index (χ0n) is 19.1. The Labute approximate surface area is 193 Å². The normalized spacial score (nSPS) is 19.7. The summed E-state index contributed by atoms with van der Waals surface area (Å²) >= 11 is 0. The van der Waals surface area contributed by atoms with Crippen LogP contribution in [-0.4, -0.2) is 64.0 Å². The van der Waals surface area contributed by atoms with Gasteiger partial charge in [-0.1, -0.05) is 38.1 Å². The second kappa shape index (κ2) is 9.70. The summed E-state index contributed by atoms with van der Waals surface area (Å²) in [7, 11) is 0. The van der Waals surface area contributed by atoms with E-state index < -0.39 is 11.8 Å². The van der Waals surface area contributed by atoms with Crippen molar-refractivity contribution in [2.45, 2.75) is 45.0 Å². The van der Waals surface area contributed by atoms with E-state index in [1.165, 1.54) is 0 Å². The van der Waals surface area contributed by atoms with E-state index in [0.29, 0.717) is 38.0 Å². The summed E-state index contributed by atoms with van der Waals surface area (Å²) in [6.45, 7) is 5.17. The van der Waals surface area contributed by atoms with Crippen LogP contribution >= 0.6 is 0 Å². The highest BCUT2D eigenvalue weighted by Gasteiger charge is 2.54. The van der Waals surface area contributed by atoms with Gasteiger partial charge < -0.3 is 15.0 Å². The molecule has 1 spiro atoms. The van der Waals surface area contributed by atoms with Crippen LogP contribution in [0.1, 0.15) is 42.6 Å². The molecule has 2 aromatic rings. The maximum Gasteiger partial charge on any atom is 0.256 e. The summed E-state index contributed by atoms with van der Waals surface area (Å²) in [5.74, 6) is -0.495. The lowest BCUT2D eigenvalue weighted by Gasteiger charge is -2.44. The van der Waals surface area contributed by atoms with Crippen LogP contribution in [0.15, 0.2) is 54.9 Å². The Kier molecular flexibility index (Phi) is 6.74. The van der Waals surface area contributed by atoms with E-state index in [0.717, 1.165) is 5.56 Å². The predicted octanol–water partition coefficient (Wildman–Crippen LogP) is 2.21. The van der Waals surface area contributed by atoms with Gasteiger partial charge in [0.15, 0.2) is 0 Å². The fraction of sp³-hybridized carbons (Fsp3) is 0.440. The van der Waals surface area contributed by atoms with Crippen molar-refractivity contribution in [1.82, 2.24) is 20.1 Å². The van der Waals surface area contributed by atoms with Crippen LogP contribution in [0.25, 0.3) is 0 Å². The van der Waals surface area contributed by atoms with Crippen LogP contribution in [0.2, 0.25) is 0 Å². The molecule has 0 aliphatic carbocycles. The molecule has 1 aromatic carbocycles. The fourth-order valence-corrected chi connectivity index (χ4v) is 4.54. The largest absolute Gasteiger partial charge is 0.353 e. The molecule has 2 fully saturated rings. The molecule has 3 heterocycles. The predicted molar refractivity (Wildman–Crippen MR) is 122 cm³/mol. The second-order valence-corrected chi connectivity index (χ2v) is 8.87. The Bertz CT molecular complexity index is 988. The number of piperidine rings is 1. The molecule has 174 valence electrons. The van der Waals surface area contributed by atoms with Crippen molar-refractivity contribution in [2.24, 2.45) is 5.92 Å². The molecule has 8 heteroatoms. The van der Waals surface area contributed by atoms with Crippen molar-refractivity contribution in [1.29, 1.82) is 0 Å². The molecule has 1 atom stereocenters. The SMILES string of the molecule is CC(C)C(=O)N1CCC2(CC1)OCC(C(=O)NCc1cccnc1)N2C(=O)c1ccccc1. The Morgan fingerprint density at radius 3 is 2.48 bits per heavy atom. The number of nitrogens with zero attached hydrogens (tertiary/aromatic N) is 3. The molecule has 0 saturated carbocycles. The van der Waals surface area contributed by atoms with Gasteiger partial charge >= 0.3 is 0 Å². The molecule has 33 heavy (non-hydrogen) atoms. The highest BCUT2D eigenvalue weighted by Crippen LogP contribution is 2.38. The van der Waals surface area contributed by atoms with Crippen molar-refractivity contribution < 1.29 is 19.1 Å². The third-order valence-electron chi connectivity index (χ3n) is 6.34. The standard InChI is InChI=1S/C25H30N4O4/c1-18(2)23(31)28-13-10-25(11-14-28)29(24(32)20-8-4-3-5-9-20)21(17-33-25)22(30)27-16-19-7-6-12-26-15-19/h3-9,12,15,18,21H,10-11,13-14,16-17H2,1-2H3,(H,27,30). The van der Waals surface area contributed by atoms with Crippen LogP contribution in [0.4, 0.5) is 0 Å². The van der Waals surface area contributed by atoms with Crippen LogP contribution in [0.3, 0.4) is 0 Å². The molecular formula is C25H30N4O4. The van der Waals surface area contributed by atoms with Crippen molar-refractivity contribution in [3.05, 3.63) is 66.0 Å². The summed E-state index contributed by atoms with van der Waals surface area (Å²) in [4.78, 5) is 46.8. The van der Waals surface area contributed by atoms with Gasteiger partial charge in [-0.15, -0.1) is 0 Å². The number of pyridine rings is 1. The molecule has 1 unspecified atom stereocenters. The van der Waals surface area contributed by atoms with Crippen molar-refractivity contribution in [2.75, 3.05) is 19.7 Å². The quantitative estimate of drug-likeness (QED) is 0.754. The Hall–Kier alpha value is -3.26. The minimum absolute atomic E-state index is 0.0865. The highest BCUT2D eigenvalue weighted by atomic mass is 16.5. The van der Waals surface area contributed by atoms with E-state index in [4.69, 9.17) is 4.74 Å². The van der Waals surface area contributed by atoms with Gasteiger partial charge in [-0.25, -0.2) is 0 Å². The second-order valence-electron chi connectivity index (χ2n) is 8.87. The molecule has 0 radical (unpaired) electrons. The van der Waals surface area contributed by atoms with Crippen LogP contribution < -0.4 is 5.32 Å². The summed E-state index contributed by atoms with van der Waals surface area (Å²) in [5.41, 5.74) is 0.478. The van der Waals surface area contributed by atoms with E-state index >= 15 is 0 Å². The Morgan fingerprint density at radius 2 is 1.85 bits per heavy atom. The van der Waals surface area contributed by atoms with E-state index in [1.54, 1.807) is 41.6 Å². The number of carbonyl (C=O) groups excluding carboxylic acids is 3. The number of ether oxygens (including phenoxy) is 1. The van der Waals surface area contributed by atoms with Crippen molar-refractivity contribution in [3.8, 4) is 0 Å². The van der Waals surface area contributed by atoms with Gasteiger partial charge in [-0.3, -0.25) is 24.3 Å². The van der Waals surface area contributed by atoms with Crippen LogP contribution in [-0.2, 0) is 20.9 Å². The van der Waals surface area contributed by atoms with E-state index in [1.807, 2.05) is 36.9 Å². The first-order chi connectivity index (χ1) is 15.9. The zero-order chi connectivity index (χ0) is 23.4. The number of amides is 3. The monoisotopic (exact) mass is 450 g/mol. The Morgan fingerprint density at radius 1 is 1.12 bits per heavy atom. The van der Waals surface area contributed by atoms with Crippen molar-refractivity contribution in [3.63, 3.8) is 0 Å². The maximum absolute atomic E-state index is 13.6. The highest BCUT2D eigenvalue weighted by molar-refractivity contribution is 5.98. The smallest absolute Gasteiger partial charge is 0.256 e. The lowest BCUT2D eigenvalue weighted by molar-refractivity contribution is -0.146. The summed E-state index contributed by atoms with van der Waals surface area (Å²) in [5, 5.41) is 2.92. The van der Waals surface area contributed by atoms with Gasteiger partial charge in [0.1, 0.15) is 11.8 Å². The summed E-state index contributed by atoms with van der Waals surface area (Å²) < 4.78 is 6.20. The third kappa shape index (κ3) is 4.75. The zero-order valence-corrected chi connectivity index (χ0v) is 19.1. The lowest BCUT2D eigenvalue weighted by Crippen LogP contribution is -2.60. The molecule has 1 N–H and O–H groups in total. The molecule has 4 rings (SSSR count). The Balaban J connectivity index is 1.55. The lowest BCUT2D eigenvalue weighted by atomic mass is 9.95. The first-order valence-electron chi connectivity index (χ1n) is 11.4. The fourth-order valence-electron chi connectivity index (χ4n) is 4.54. The van der Waals surface area contributed by atoms with E-state index in [-0.39, 0.29) is 30.2 Å². The average molecular weight is 451 g/mol. The number of hydrogen-bond donors (Lipinski definition) is 1. The van der Waals surface area contributed by atoms with Gasteiger partial charge in [0.05, 0.1) is 6.61 Å². The first kappa shape index (κ1) is 22.9. The minimum Gasteiger partial charge on any atom is -0.353 e.